The first-order valence-corrected chi connectivity index (χ1v) is 7.21. The molecule has 106 valence electrons. The molecule has 0 unspecified atom stereocenters. The molecule has 0 saturated heterocycles. The maximum atomic E-state index is 11.4. The van der Waals surface area contributed by atoms with Crippen molar-refractivity contribution in [2.24, 2.45) is 0 Å². The monoisotopic (exact) mass is 283 g/mol. The lowest BCUT2D eigenvalue weighted by atomic mass is 9.96. The Kier molecular flexibility index (Phi) is 5.60. The lowest BCUT2D eigenvalue weighted by Crippen LogP contribution is -2.17. The Balaban J connectivity index is 2.86. The van der Waals surface area contributed by atoms with E-state index in [4.69, 9.17) is 4.74 Å². The van der Waals surface area contributed by atoms with Crippen molar-refractivity contribution in [2.45, 2.75) is 38.1 Å². The van der Waals surface area contributed by atoms with E-state index >= 15 is 0 Å². The van der Waals surface area contributed by atoms with Gasteiger partial charge in [0, 0.05) is 18.5 Å². The number of nitrogens with one attached hydrogen (secondary N) is 1. The molecule has 0 spiro atoms. The van der Waals surface area contributed by atoms with Gasteiger partial charge in [-0.05, 0) is 6.92 Å². The molecule has 6 heteroatoms. The SMILES string of the molecule is CCOC(=O)CSc1cc(NC)nc(C(C)(C)C)n1. The van der Waals surface area contributed by atoms with E-state index in [0.717, 1.165) is 16.7 Å². The lowest BCUT2D eigenvalue weighted by molar-refractivity contribution is -0.139. The summed E-state index contributed by atoms with van der Waals surface area (Å²) in [6.45, 7) is 8.37. The van der Waals surface area contributed by atoms with Crippen molar-refractivity contribution in [3.05, 3.63) is 11.9 Å². The average Bonchev–Trinajstić information content (AvgIpc) is 2.35. The van der Waals surface area contributed by atoms with Crippen LogP contribution >= 0.6 is 11.8 Å². The summed E-state index contributed by atoms with van der Waals surface area (Å²) >= 11 is 1.36. The van der Waals surface area contributed by atoms with Gasteiger partial charge in [-0.15, -0.1) is 0 Å². The minimum atomic E-state index is -0.227. The highest BCUT2D eigenvalue weighted by Gasteiger charge is 2.19. The van der Waals surface area contributed by atoms with Crippen LogP contribution in [-0.2, 0) is 14.9 Å². The van der Waals surface area contributed by atoms with E-state index in [-0.39, 0.29) is 17.1 Å². The number of thioether (sulfide) groups is 1. The molecule has 0 saturated carbocycles. The summed E-state index contributed by atoms with van der Waals surface area (Å²) < 4.78 is 4.90. The molecule has 1 N–H and O–H groups in total. The molecule has 0 aliphatic rings. The molecule has 5 nitrogen and oxygen atoms in total. The second kappa shape index (κ2) is 6.75. The second-order valence-electron chi connectivity index (χ2n) is 5.01. The van der Waals surface area contributed by atoms with Gasteiger partial charge in [-0.3, -0.25) is 4.79 Å². The van der Waals surface area contributed by atoms with Gasteiger partial charge in [0.2, 0.25) is 0 Å². The topological polar surface area (TPSA) is 64.1 Å². The van der Waals surface area contributed by atoms with Crippen molar-refractivity contribution in [1.29, 1.82) is 0 Å². The highest BCUT2D eigenvalue weighted by molar-refractivity contribution is 7.99. The molecule has 1 heterocycles. The van der Waals surface area contributed by atoms with Crippen molar-refractivity contribution in [2.75, 3.05) is 24.7 Å². The number of rotatable bonds is 5. The fourth-order valence-corrected chi connectivity index (χ4v) is 1.99. The zero-order valence-corrected chi connectivity index (χ0v) is 12.9. The van der Waals surface area contributed by atoms with Crippen LogP contribution in [0.15, 0.2) is 11.1 Å². The molecule has 1 aromatic rings. The van der Waals surface area contributed by atoms with Crippen molar-refractivity contribution in [1.82, 2.24) is 9.97 Å². The number of carbonyl (C=O) groups excluding carboxylic acids is 1. The third-order valence-electron chi connectivity index (χ3n) is 2.27. The van der Waals surface area contributed by atoms with Crippen LogP contribution in [0.2, 0.25) is 0 Å². The Labute approximate surface area is 118 Å². The van der Waals surface area contributed by atoms with Crippen molar-refractivity contribution >= 4 is 23.5 Å². The zero-order chi connectivity index (χ0) is 14.5. The zero-order valence-electron chi connectivity index (χ0n) is 12.1. The van der Waals surface area contributed by atoms with Gasteiger partial charge in [0.1, 0.15) is 16.7 Å². The molecule has 0 aliphatic carbocycles. The summed E-state index contributed by atoms with van der Waals surface area (Å²) in [5.41, 5.74) is -0.133. The number of esters is 1. The summed E-state index contributed by atoms with van der Waals surface area (Å²) in [5.74, 6) is 1.55. The molecular weight excluding hydrogens is 262 g/mol. The van der Waals surface area contributed by atoms with Crippen LogP contribution in [-0.4, -0.2) is 35.3 Å². The van der Waals surface area contributed by atoms with E-state index in [1.165, 1.54) is 11.8 Å². The smallest absolute Gasteiger partial charge is 0.316 e. The van der Waals surface area contributed by atoms with Crippen LogP contribution in [0.3, 0.4) is 0 Å². The summed E-state index contributed by atoms with van der Waals surface area (Å²) in [6.07, 6.45) is 0. The van der Waals surface area contributed by atoms with Gasteiger partial charge in [0.25, 0.3) is 0 Å². The summed E-state index contributed by atoms with van der Waals surface area (Å²) in [4.78, 5) is 20.3. The van der Waals surface area contributed by atoms with Crippen LogP contribution in [0.25, 0.3) is 0 Å². The van der Waals surface area contributed by atoms with Gasteiger partial charge in [-0.1, -0.05) is 32.5 Å². The van der Waals surface area contributed by atoms with Crippen LogP contribution in [0.1, 0.15) is 33.5 Å². The normalized spacial score (nSPS) is 11.2. The molecule has 0 radical (unpaired) electrons. The van der Waals surface area contributed by atoms with Gasteiger partial charge in [0.15, 0.2) is 0 Å². The van der Waals surface area contributed by atoms with Crippen LogP contribution in [0, 0.1) is 0 Å². The first-order valence-electron chi connectivity index (χ1n) is 6.22. The van der Waals surface area contributed by atoms with E-state index in [2.05, 4.69) is 36.1 Å². The van der Waals surface area contributed by atoms with Gasteiger partial charge in [-0.25, -0.2) is 9.97 Å². The molecule has 0 amide bonds. The Bertz CT molecular complexity index is 444. The Morgan fingerprint density at radius 2 is 2.11 bits per heavy atom. The number of nitrogens with zero attached hydrogens (tertiary/aromatic N) is 2. The standard InChI is InChI=1S/C13H21N3O2S/c1-6-18-11(17)8-19-10-7-9(14-5)15-12(16-10)13(2,3)4/h7H,6,8H2,1-5H3,(H,14,15,16). The predicted molar refractivity (Wildman–Crippen MR) is 77.6 cm³/mol. The number of aromatic nitrogens is 2. The van der Waals surface area contributed by atoms with Crippen molar-refractivity contribution in [3.63, 3.8) is 0 Å². The van der Waals surface area contributed by atoms with Gasteiger partial charge in [0.05, 0.1) is 12.4 Å². The fraction of sp³-hybridized carbons (Fsp3) is 0.615. The minimum Gasteiger partial charge on any atom is -0.465 e. The molecule has 0 fully saturated rings. The molecule has 0 bridgehead atoms. The maximum absolute atomic E-state index is 11.4. The highest BCUT2D eigenvalue weighted by atomic mass is 32.2. The first-order chi connectivity index (χ1) is 8.86. The largest absolute Gasteiger partial charge is 0.465 e. The summed E-state index contributed by atoms with van der Waals surface area (Å²) in [7, 11) is 1.81. The quantitative estimate of drug-likeness (QED) is 0.509. The molecule has 1 rings (SSSR count). The average molecular weight is 283 g/mol. The fourth-order valence-electron chi connectivity index (χ4n) is 1.30. The van der Waals surface area contributed by atoms with Gasteiger partial charge >= 0.3 is 5.97 Å². The molecule has 0 aliphatic heterocycles. The third kappa shape index (κ3) is 5.06. The Morgan fingerprint density at radius 1 is 1.42 bits per heavy atom. The molecule has 1 aromatic heterocycles. The Hall–Kier alpha value is -1.30. The molecule has 0 aromatic carbocycles. The minimum absolute atomic E-state index is 0.133. The lowest BCUT2D eigenvalue weighted by Gasteiger charge is -2.18. The molecule has 19 heavy (non-hydrogen) atoms. The van der Waals surface area contributed by atoms with E-state index in [1.54, 1.807) is 6.92 Å². The second-order valence-corrected chi connectivity index (χ2v) is 6.00. The van der Waals surface area contributed by atoms with Crippen LogP contribution in [0.4, 0.5) is 5.82 Å². The molecular formula is C13H21N3O2S. The Morgan fingerprint density at radius 3 is 2.63 bits per heavy atom. The van der Waals surface area contributed by atoms with Crippen LogP contribution < -0.4 is 5.32 Å². The van der Waals surface area contributed by atoms with Crippen LogP contribution in [0.5, 0.6) is 0 Å². The van der Waals surface area contributed by atoms with Crippen molar-refractivity contribution in [3.8, 4) is 0 Å². The molecule has 0 atom stereocenters. The summed E-state index contributed by atoms with van der Waals surface area (Å²) in [6, 6.07) is 1.83. The predicted octanol–water partition coefficient (Wildman–Crippen LogP) is 2.47. The van der Waals surface area contributed by atoms with E-state index < -0.39 is 0 Å². The number of carbonyl (C=O) groups is 1. The maximum Gasteiger partial charge on any atom is 0.316 e. The van der Waals surface area contributed by atoms with Crippen molar-refractivity contribution < 1.29 is 9.53 Å². The van der Waals surface area contributed by atoms with E-state index in [0.29, 0.717) is 6.61 Å². The van der Waals surface area contributed by atoms with E-state index in [9.17, 15) is 4.79 Å². The van der Waals surface area contributed by atoms with Gasteiger partial charge < -0.3 is 10.1 Å². The number of hydrogen-bond acceptors (Lipinski definition) is 6. The number of anilines is 1. The first kappa shape index (κ1) is 15.8. The highest BCUT2D eigenvalue weighted by Crippen LogP contribution is 2.24. The number of hydrogen-bond donors (Lipinski definition) is 1. The van der Waals surface area contributed by atoms with Gasteiger partial charge in [-0.2, -0.15) is 0 Å². The summed E-state index contributed by atoms with van der Waals surface area (Å²) in [5, 5.41) is 3.79. The third-order valence-corrected chi connectivity index (χ3v) is 3.16. The van der Waals surface area contributed by atoms with E-state index in [1.807, 2.05) is 13.1 Å². The number of ether oxygens (including phenoxy) is 1.